The van der Waals surface area contributed by atoms with E-state index in [9.17, 15) is 0 Å². The van der Waals surface area contributed by atoms with Crippen molar-refractivity contribution in [2.24, 2.45) is 0 Å². The first-order chi connectivity index (χ1) is 10.2. The Balaban J connectivity index is 0.000000304. The summed E-state index contributed by atoms with van der Waals surface area (Å²) < 4.78 is 0. The van der Waals surface area contributed by atoms with E-state index in [0.717, 1.165) is 24.2 Å². The lowest BCUT2D eigenvalue weighted by Gasteiger charge is -2.12. The quantitative estimate of drug-likeness (QED) is 0.610. The van der Waals surface area contributed by atoms with Crippen LogP contribution in [0.4, 0.5) is 0 Å². The molecule has 1 fully saturated rings. The van der Waals surface area contributed by atoms with Crippen molar-refractivity contribution in [1.29, 1.82) is 0 Å². The lowest BCUT2D eigenvalue weighted by Crippen LogP contribution is -1.94. The smallest absolute Gasteiger partial charge is 0.0783 e. The number of thioether (sulfide) groups is 1. The molecule has 0 unspecified atom stereocenters. The van der Waals surface area contributed by atoms with Gasteiger partial charge in [0.15, 0.2) is 0 Å². The second kappa shape index (κ2) is 10.3. The molecule has 0 bridgehead atoms. The van der Waals surface area contributed by atoms with E-state index in [1.165, 1.54) is 35.1 Å². The van der Waals surface area contributed by atoms with Crippen LogP contribution in [0.2, 0.25) is 0 Å². The molecule has 1 aromatic carbocycles. The molecule has 0 amide bonds. The molecule has 21 heavy (non-hydrogen) atoms. The lowest BCUT2D eigenvalue weighted by molar-refractivity contribution is 0.447. The molecule has 1 N–H and O–H groups in total. The maximum Gasteiger partial charge on any atom is 0.0783 e. The van der Waals surface area contributed by atoms with Gasteiger partial charge < -0.3 is 5.11 Å². The largest absolute Gasteiger partial charge is 0.516 e. The number of unbranched alkanes of at least 4 members (excludes halogenated alkanes) is 1. The second-order valence-corrected chi connectivity index (χ2v) is 6.51. The Labute approximate surface area is 133 Å². The summed E-state index contributed by atoms with van der Waals surface area (Å²) in [5.41, 5.74) is 2.49. The average Bonchev–Trinajstić information content (AvgIpc) is 2.43. The van der Waals surface area contributed by atoms with Gasteiger partial charge in [0.1, 0.15) is 0 Å². The van der Waals surface area contributed by atoms with Crippen LogP contribution in [0.3, 0.4) is 0 Å². The van der Waals surface area contributed by atoms with E-state index in [1.54, 1.807) is 11.8 Å². The molecule has 2 heteroatoms. The summed E-state index contributed by atoms with van der Waals surface area (Å²) in [7, 11) is 0. The maximum absolute atomic E-state index is 8.22. The van der Waals surface area contributed by atoms with Crippen molar-refractivity contribution < 1.29 is 5.11 Å². The minimum absolute atomic E-state index is 1.12. The van der Waals surface area contributed by atoms with Crippen LogP contribution in [0.15, 0.2) is 59.7 Å². The molecule has 0 atom stereocenters. The number of allylic oxidation sites excluding steroid dienone is 3. The van der Waals surface area contributed by atoms with Gasteiger partial charge in [-0.05, 0) is 48.6 Å². The maximum atomic E-state index is 8.22. The van der Waals surface area contributed by atoms with Crippen LogP contribution in [0, 0.1) is 0 Å². The van der Waals surface area contributed by atoms with Gasteiger partial charge in [-0.1, -0.05) is 68.1 Å². The van der Waals surface area contributed by atoms with Crippen molar-refractivity contribution in [3.05, 3.63) is 65.3 Å². The highest BCUT2D eigenvalue weighted by molar-refractivity contribution is 8.11. The van der Waals surface area contributed by atoms with Crippen LogP contribution < -0.4 is 0 Å². The van der Waals surface area contributed by atoms with E-state index >= 15 is 0 Å². The molecule has 0 heterocycles. The number of benzene rings is 1. The Kier molecular flexibility index (Phi) is 8.68. The number of hydrogen-bond acceptors (Lipinski definition) is 2. The van der Waals surface area contributed by atoms with Crippen molar-refractivity contribution in [1.82, 2.24) is 0 Å². The minimum Gasteiger partial charge on any atom is -0.516 e. The normalized spacial score (nSPS) is 13.8. The van der Waals surface area contributed by atoms with E-state index in [-0.39, 0.29) is 0 Å². The molecular formula is C19H26OS. The van der Waals surface area contributed by atoms with Crippen molar-refractivity contribution in [2.45, 2.75) is 46.0 Å². The van der Waals surface area contributed by atoms with E-state index in [4.69, 9.17) is 5.11 Å². The summed E-state index contributed by atoms with van der Waals surface area (Å²) in [5.74, 6) is 0. The van der Waals surface area contributed by atoms with Crippen LogP contribution in [0.5, 0.6) is 0 Å². The van der Waals surface area contributed by atoms with E-state index in [0.29, 0.717) is 0 Å². The zero-order valence-electron chi connectivity index (χ0n) is 13.1. The molecule has 0 radical (unpaired) electrons. The highest BCUT2D eigenvalue weighted by Gasteiger charge is 2.06. The Morgan fingerprint density at radius 1 is 1.29 bits per heavy atom. The standard InChI is InChI=1S/C14H18S.C5H8O/c1-4-5-11-14(15-12(2)3)13-9-7-6-8-10-13;6-4-5-2-1-3-5/h6-11H,2,4-5H2,1,3H3;4,6H,1-3H2/b14-11-;. The molecule has 1 aliphatic carbocycles. The van der Waals surface area contributed by atoms with Gasteiger partial charge >= 0.3 is 0 Å². The van der Waals surface area contributed by atoms with Crippen LogP contribution in [-0.4, -0.2) is 5.11 Å². The van der Waals surface area contributed by atoms with Gasteiger partial charge in [-0.3, -0.25) is 0 Å². The number of aliphatic hydroxyl groups excluding tert-OH is 1. The average molecular weight is 302 g/mol. The first-order valence-electron chi connectivity index (χ1n) is 7.58. The minimum atomic E-state index is 1.12. The van der Waals surface area contributed by atoms with E-state index in [2.05, 4.69) is 43.8 Å². The molecular weight excluding hydrogens is 276 g/mol. The molecule has 1 nitrogen and oxygen atoms in total. The first-order valence-corrected chi connectivity index (χ1v) is 8.40. The Morgan fingerprint density at radius 2 is 1.95 bits per heavy atom. The van der Waals surface area contributed by atoms with Gasteiger partial charge in [0, 0.05) is 4.91 Å². The lowest BCUT2D eigenvalue weighted by atomic mass is 9.94. The number of rotatable bonds is 5. The van der Waals surface area contributed by atoms with Crippen LogP contribution in [0.1, 0.15) is 51.5 Å². The highest BCUT2D eigenvalue weighted by Crippen LogP contribution is 2.32. The summed E-state index contributed by atoms with van der Waals surface area (Å²) in [6, 6.07) is 10.5. The summed E-state index contributed by atoms with van der Waals surface area (Å²) in [4.78, 5) is 2.46. The van der Waals surface area contributed by atoms with Crippen LogP contribution in [-0.2, 0) is 0 Å². The fourth-order valence-corrected chi connectivity index (χ4v) is 2.62. The molecule has 0 aromatic heterocycles. The highest BCUT2D eigenvalue weighted by atomic mass is 32.2. The van der Waals surface area contributed by atoms with E-state index in [1.807, 2.05) is 13.0 Å². The van der Waals surface area contributed by atoms with Crippen LogP contribution in [0.25, 0.3) is 4.91 Å². The molecule has 0 aliphatic heterocycles. The predicted molar refractivity (Wildman–Crippen MR) is 96.3 cm³/mol. The Bertz CT molecular complexity index is 480. The molecule has 1 aliphatic rings. The second-order valence-electron chi connectivity index (χ2n) is 5.17. The monoisotopic (exact) mass is 302 g/mol. The molecule has 0 saturated heterocycles. The fraction of sp³-hybridized carbons (Fsp3) is 0.368. The molecule has 2 rings (SSSR count). The topological polar surface area (TPSA) is 20.2 Å². The predicted octanol–water partition coefficient (Wildman–Crippen LogP) is 6.71. The molecule has 1 saturated carbocycles. The summed E-state index contributed by atoms with van der Waals surface area (Å²) in [5, 5.41) is 8.22. The molecule has 114 valence electrons. The van der Waals surface area contributed by atoms with Gasteiger partial charge in [-0.25, -0.2) is 0 Å². The third kappa shape index (κ3) is 7.24. The number of aliphatic hydroxyl groups is 1. The first kappa shape index (κ1) is 17.6. The zero-order chi connectivity index (χ0) is 15.5. The van der Waals surface area contributed by atoms with Gasteiger partial charge in [-0.2, -0.15) is 0 Å². The van der Waals surface area contributed by atoms with Gasteiger partial charge in [0.05, 0.1) is 6.26 Å². The van der Waals surface area contributed by atoms with Crippen LogP contribution >= 0.6 is 11.8 Å². The van der Waals surface area contributed by atoms with Crippen molar-refractivity contribution in [2.75, 3.05) is 0 Å². The van der Waals surface area contributed by atoms with Gasteiger partial charge in [-0.15, -0.1) is 0 Å². The van der Waals surface area contributed by atoms with E-state index < -0.39 is 0 Å². The molecule has 1 aromatic rings. The SMILES string of the molecule is C=C(C)S/C(=C\CCC)c1ccccc1.OC=C1CCC1. The Morgan fingerprint density at radius 3 is 2.33 bits per heavy atom. The zero-order valence-corrected chi connectivity index (χ0v) is 14.0. The van der Waals surface area contributed by atoms with Gasteiger partial charge in [0.25, 0.3) is 0 Å². The fourth-order valence-electron chi connectivity index (χ4n) is 1.79. The van der Waals surface area contributed by atoms with Crippen molar-refractivity contribution >= 4 is 16.7 Å². The summed E-state index contributed by atoms with van der Waals surface area (Å²) in [6.45, 7) is 8.20. The van der Waals surface area contributed by atoms with Crippen molar-refractivity contribution in [3.63, 3.8) is 0 Å². The Hall–Kier alpha value is -1.41. The third-order valence-electron chi connectivity index (χ3n) is 3.14. The summed E-state index contributed by atoms with van der Waals surface area (Å²) in [6.07, 6.45) is 9.36. The third-order valence-corrected chi connectivity index (χ3v) is 4.11. The molecule has 0 spiro atoms. The van der Waals surface area contributed by atoms with Crippen molar-refractivity contribution in [3.8, 4) is 0 Å². The summed E-state index contributed by atoms with van der Waals surface area (Å²) >= 11 is 1.76. The number of hydrogen-bond donors (Lipinski definition) is 1. The van der Waals surface area contributed by atoms with Gasteiger partial charge in [0.2, 0.25) is 0 Å².